The van der Waals surface area contributed by atoms with Gasteiger partial charge in [0.2, 0.25) is 10.0 Å². The van der Waals surface area contributed by atoms with Crippen molar-refractivity contribution in [1.82, 2.24) is 19.1 Å². The number of hydrogen-bond acceptors (Lipinski definition) is 8. The third-order valence-corrected chi connectivity index (χ3v) is 9.37. The van der Waals surface area contributed by atoms with E-state index >= 15 is 0 Å². The molecular weight excluding hydrogens is 585 g/mol. The van der Waals surface area contributed by atoms with Crippen LogP contribution in [0.4, 0.5) is 9.93 Å². The van der Waals surface area contributed by atoms with Crippen LogP contribution in [0.3, 0.4) is 0 Å². The third kappa shape index (κ3) is 7.00. The van der Waals surface area contributed by atoms with Gasteiger partial charge in [0.1, 0.15) is 5.52 Å². The highest BCUT2D eigenvalue weighted by atomic mass is 35.5. The van der Waals surface area contributed by atoms with Gasteiger partial charge in [0.15, 0.2) is 5.13 Å². The predicted molar refractivity (Wildman–Crippen MR) is 156 cm³/mol. The van der Waals surface area contributed by atoms with E-state index in [1.807, 2.05) is 31.1 Å². The molecule has 10 nitrogen and oxygen atoms in total. The van der Waals surface area contributed by atoms with Crippen LogP contribution in [0.1, 0.15) is 17.3 Å². The van der Waals surface area contributed by atoms with Gasteiger partial charge >= 0.3 is 6.09 Å². The summed E-state index contributed by atoms with van der Waals surface area (Å²) in [6.45, 7) is 3.84. The van der Waals surface area contributed by atoms with Crippen LogP contribution in [-0.4, -0.2) is 99.5 Å². The number of thiazole rings is 1. The number of anilines is 1. The van der Waals surface area contributed by atoms with Crippen LogP contribution in [0, 0.1) is 0 Å². The number of nitrogens with zero attached hydrogens (tertiary/aromatic N) is 5. The maximum atomic E-state index is 13.6. The zero-order valence-corrected chi connectivity index (χ0v) is 25.1. The Morgan fingerprint density at radius 3 is 2.31 bits per heavy atom. The fourth-order valence-electron chi connectivity index (χ4n) is 4.00. The number of benzene rings is 2. The largest absolute Gasteiger partial charge is 0.450 e. The van der Waals surface area contributed by atoms with Crippen molar-refractivity contribution in [2.75, 3.05) is 64.9 Å². The second-order valence-electron chi connectivity index (χ2n) is 8.96. The van der Waals surface area contributed by atoms with Crippen LogP contribution in [0.15, 0.2) is 47.4 Å². The zero-order chi connectivity index (χ0) is 27.4. The molecule has 212 valence electrons. The van der Waals surface area contributed by atoms with Gasteiger partial charge in [0.25, 0.3) is 5.91 Å². The summed E-state index contributed by atoms with van der Waals surface area (Å²) in [5.74, 6) is -0.283. The highest BCUT2D eigenvalue weighted by Crippen LogP contribution is 2.33. The number of carbonyl (C=O) groups excluding carboxylic acids is 2. The number of halogens is 2. The monoisotopic (exact) mass is 615 g/mol. The lowest BCUT2D eigenvalue weighted by atomic mass is 10.2. The number of fused-ring (bicyclic) bond motifs is 1. The van der Waals surface area contributed by atoms with Crippen molar-refractivity contribution in [3.63, 3.8) is 0 Å². The summed E-state index contributed by atoms with van der Waals surface area (Å²) in [4.78, 5) is 35.3. The van der Waals surface area contributed by atoms with Crippen molar-refractivity contribution >= 4 is 72.7 Å². The summed E-state index contributed by atoms with van der Waals surface area (Å²) >= 11 is 7.68. The summed E-state index contributed by atoms with van der Waals surface area (Å²) in [5.41, 5.74) is 0.988. The second-order valence-corrected chi connectivity index (χ2v) is 12.3. The van der Waals surface area contributed by atoms with Crippen LogP contribution in [0.25, 0.3) is 10.2 Å². The van der Waals surface area contributed by atoms with Crippen molar-refractivity contribution in [1.29, 1.82) is 0 Å². The topological polar surface area (TPSA) is 103 Å². The number of carbonyl (C=O) groups is 2. The van der Waals surface area contributed by atoms with E-state index in [1.54, 1.807) is 17.9 Å². The standard InChI is InChI=1S/C25H30ClN5O5S2.ClH/c1-4-36-25(33)29-13-15-30(16-14-29)38(34,35)19-10-8-18(9-11-19)23(32)31(17-12-28(2)3)24-27-22-20(26)6-5-7-21(22)37-24;/h5-11H,4,12-17H2,1-3H3;1H. The molecule has 1 aliphatic heterocycles. The summed E-state index contributed by atoms with van der Waals surface area (Å²) in [6, 6.07) is 11.4. The number of hydrogen-bond donors (Lipinski definition) is 0. The third-order valence-electron chi connectivity index (χ3n) is 6.11. The van der Waals surface area contributed by atoms with E-state index in [0.29, 0.717) is 34.3 Å². The molecule has 39 heavy (non-hydrogen) atoms. The maximum Gasteiger partial charge on any atom is 0.409 e. The lowest BCUT2D eigenvalue weighted by Crippen LogP contribution is -2.50. The Morgan fingerprint density at radius 2 is 1.72 bits per heavy atom. The number of para-hydroxylation sites is 1. The summed E-state index contributed by atoms with van der Waals surface area (Å²) in [7, 11) is 0.0576. The van der Waals surface area contributed by atoms with Crippen LogP contribution in [0.2, 0.25) is 5.02 Å². The van der Waals surface area contributed by atoms with Gasteiger partial charge in [0.05, 0.1) is 21.2 Å². The number of aromatic nitrogens is 1. The molecule has 1 saturated heterocycles. The maximum absolute atomic E-state index is 13.6. The lowest BCUT2D eigenvalue weighted by Gasteiger charge is -2.33. The molecule has 1 aromatic heterocycles. The first-order chi connectivity index (χ1) is 18.1. The van der Waals surface area contributed by atoms with E-state index in [-0.39, 0.29) is 56.0 Å². The molecule has 3 aromatic rings. The number of sulfonamides is 1. The first-order valence-electron chi connectivity index (χ1n) is 12.2. The molecule has 0 saturated carbocycles. The molecule has 2 aromatic carbocycles. The van der Waals surface area contributed by atoms with E-state index < -0.39 is 16.1 Å². The van der Waals surface area contributed by atoms with Gasteiger partial charge in [-0.2, -0.15) is 4.31 Å². The van der Waals surface area contributed by atoms with Gasteiger partial charge < -0.3 is 14.5 Å². The molecule has 2 amide bonds. The van der Waals surface area contributed by atoms with Gasteiger partial charge in [-0.3, -0.25) is 9.69 Å². The van der Waals surface area contributed by atoms with Crippen LogP contribution in [-0.2, 0) is 14.8 Å². The fourth-order valence-corrected chi connectivity index (χ4v) is 6.71. The molecule has 4 rings (SSSR count). The molecule has 14 heteroatoms. The minimum atomic E-state index is -3.78. The number of ether oxygens (including phenoxy) is 1. The quantitative estimate of drug-likeness (QED) is 0.377. The van der Waals surface area contributed by atoms with Crippen LogP contribution >= 0.6 is 35.3 Å². The molecule has 0 bridgehead atoms. The van der Waals surface area contributed by atoms with E-state index in [9.17, 15) is 18.0 Å². The SMILES string of the molecule is CCOC(=O)N1CCN(S(=O)(=O)c2ccc(C(=O)N(CCN(C)C)c3nc4c(Cl)cccc4s3)cc2)CC1.Cl. The number of piperazine rings is 1. The molecule has 0 aliphatic carbocycles. The molecule has 0 radical (unpaired) electrons. The molecule has 2 heterocycles. The molecule has 1 aliphatic rings. The molecule has 0 N–H and O–H groups in total. The Bertz CT molecular complexity index is 1410. The minimum Gasteiger partial charge on any atom is -0.450 e. The molecular formula is C25H31Cl2N5O5S2. The predicted octanol–water partition coefficient (Wildman–Crippen LogP) is 4.04. The Balaban J connectivity index is 0.00000420. The Hall–Kier alpha value is -2.48. The van der Waals surface area contributed by atoms with Gasteiger partial charge in [-0.25, -0.2) is 18.2 Å². The normalized spacial score (nSPS) is 14.3. The van der Waals surface area contributed by atoms with Crippen molar-refractivity contribution in [3.05, 3.63) is 53.1 Å². The average Bonchev–Trinajstić information content (AvgIpc) is 3.34. The second kappa shape index (κ2) is 13.2. The van der Waals surface area contributed by atoms with Gasteiger partial charge in [-0.15, -0.1) is 12.4 Å². The minimum absolute atomic E-state index is 0. The van der Waals surface area contributed by atoms with Gasteiger partial charge in [0, 0.05) is 44.8 Å². The molecule has 0 unspecified atom stereocenters. The number of rotatable bonds is 8. The molecule has 1 fully saturated rings. The summed E-state index contributed by atoms with van der Waals surface area (Å²) < 4.78 is 33.6. The molecule has 0 atom stereocenters. The number of amides is 2. The highest BCUT2D eigenvalue weighted by Gasteiger charge is 2.31. The van der Waals surface area contributed by atoms with Crippen molar-refractivity contribution in [2.45, 2.75) is 11.8 Å². The molecule has 0 spiro atoms. The Morgan fingerprint density at radius 1 is 1.05 bits per heavy atom. The van der Waals surface area contributed by atoms with E-state index in [0.717, 1.165) is 4.70 Å². The first kappa shape index (κ1) is 31.1. The van der Waals surface area contributed by atoms with Crippen molar-refractivity contribution in [2.24, 2.45) is 0 Å². The summed E-state index contributed by atoms with van der Waals surface area (Å²) in [6.07, 6.45) is -0.443. The zero-order valence-electron chi connectivity index (χ0n) is 21.9. The summed E-state index contributed by atoms with van der Waals surface area (Å²) in [5, 5.41) is 1.04. The number of likely N-dealkylation sites (N-methyl/N-ethyl adjacent to an activating group) is 1. The van der Waals surface area contributed by atoms with Gasteiger partial charge in [-0.05, 0) is 57.4 Å². The van der Waals surface area contributed by atoms with E-state index in [1.165, 1.54) is 44.8 Å². The van der Waals surface area contributed by atoms with E-state index in [2.05, 4.69) is 4.98 Å². The first-order valence-corrected chi connectivity index (χ1v) is 14.8. The lowest BCUT2D eigenvalue weighted by molar-refractivity contribution is 0.0933. The van der Waals surface area contributed by atoms with Crippen LogP contribution < -0.4 is 4.90 Å². The Labute approximate surface area is 243 Å². The van der Waals surface area contributed by atoms with Crippen molar-refractivity contribution < 1.29 is 22.7 Å². The van der Waals surface area contributed by atoms with Gasteiger partial charge in [-0.1, -0.05) is 29.0 Å². The van der Waals surface area contributed by atoms with Crippen molar-refractivity contribution in [3.8, 4) is 0 Å². The smallest absolute Gasteiger partial charge is 0.409 e. The van der Waals surface area contributed by atoms with Crippen LogP contribution in [0.5, 0.6) is 0 Å². The Kier molecular flexibility index (Phi) is 10.5. The average molecular weight is 617 g/mol. The highest BCUT2D eigenvalue weighted by molar-refractivity contribution is 7.89. The van der Waals surface area contributed by atoms with E-state index in [4.69, 9.17) is 16.3 Å². The fraction of sp³-hybridized carbons (Fsp3) is 0.400.